The summed E-state index contributed by atoms with van der Waals surface area (Å²) in [5, 5.41) is 9.36. The second-order valence-electron chi connectivity index (χ2n) is 8.00. The first kappa shape index (κ1) is 15.9. The maximum atomic E-state index is 9.36. The molecule has 3 rings (SSSR count). The van der Waals surface area contributed by atoms with Crippen LogP contribution in [0.5, 0.6) is 5.75 Å². The molecule has 1 heteroatoms. The number of fused-ring (bicyclic) bond motifs is 1. The third kappa shape index (κ3) is 3.19. The van der Waals surface area contributed by atoms with Gasteiger partial charge >= 0.3 is 0 Å². The Hall–Kier alpha value is -2.02. The van der Waals surface area contributed by atoms with Crippen molar-refractivity contribution in [3.05, 3.63) is 64.7 Å². The lowest BCUT2D eigenvalue weighted by Crippen LogP contribution is -2.33. The van der Waals surface area contributed by atoms with E-state index in [1.807, 2.05) is 12.1 Å². The van der Waals surface area contributed by atoms with E-state index in [1.54, 1.807) is 12.1 Å². The largest absolute Gasteiger partial charge is 0.508 e. The van der Waals surface area contributed by atoms with E-state index in [1.165, 1.54) is 29.5 Å². The molecule has 0 amide bonds. The summed E-state index contributed by atoms with van der Waals surface area (Å²) in [5.41, 5.74) is 5.83. The Balaban J connectivity index is 1.95. The first-order chi connectivity index (χ1) is 10.8. The van der Waals surface area contributed by atoms with Crippen molar-refractivity contribution in [1.82, 2.24) is 0 Å². The predicted molar refractivity (Wildman–Crippen MR) is 98.8 cm³/mol. The molecule has 0 bridgehead atoms. The minimum Gasteiger partial charge on any atom is -0.508 e. The summed E-state index contributed by atoms with van der Waals surface area (Å²) in [6.07, 6.45) is 6.74. The van der Waals surface area contributed by atoms with E-state index < -0.39 is 0 Å². The first-order valence-electron chi connectivity index (χ1n) is 8.40. The van der Waals surface area contributed by atoms with Crippen molar-refractivity contribution in [2.75, 3.05) is 0 Å². The van der Waals surface area contributed by atoms with Gasteiger partial charge in [-0.1, -0.05) is 70.2 Å². The molecule has 0 spiro atoms. The Morgan fingerprint density at radius 3 is 1.91 bits per heavy atom. The van der Waals surface area contributed by atoms with Gasteiger partial charge < -0.3 is 5.11 Å². The van der Waals surface area contributed by atoms with E-state index in [2.05, 4.69) is 58.0 Å². The van der Waals surface area contributed by atoms with Crippen molar-refractivity contribution in [2.45, 2.75) is 51.4 Å². The fourth-order valence-electron chi connectivity index (χ4n) is 3.49. The van der Waals surface area contributed by atoms with E-state index in [0.717, 1.165) is 5.56 Å². The number of phenolic OH excluding ortho intramolecular Hbond substituents is 1. The second-order valence-corrected chi connectivity index (χ2v) is 8.00. The van der Waals surface area contributed by atoms with Crippen LogP contribution in [0.25, 0.3) is 12.2 Å². The summed E-state index contributed by atoms with van der Waals surface area (Å²) >= 11 is 0. The SMILES string of the molecule is CC1(C)CCC(C)(C)c2cc(C=Cc3ccc(O)cc3)ccc21. The maximum Gasteiger partial charge on any atom is 0.115 e. The van der Waals surface area contributed by atoms with E-state index in [4.69, 9.17) is 0 Å². The van der Waals surface area contributed by atoms with Gasteiger partial charge in [0, 0.05) is 0 Å². The highest BCUT2D eigenvalue weighted by Crippen LogP contribution is 2.45. The molecule has 1 aliphatic rings. The van der Waals surface area contributed by atoms with Gasteiger partial charge in [-0.15, -0.1) is 0 Å². The number of benzene rings is 2. The van der Waals surface area contributed by atoms with Crippen LogP contribution < -0.4 is 0 Å². The Bertz CT molecular complexity index is 733. The molecule has 0 heterocycles. The molecule has 2 aromatic carbocycles. The molecule has 1 nitrogen and oxygen atoms in total. The summed E-state index contributed by atoms with van der Waals surface area (Å²) in [4.78, 5) is 0. The fraction of sp³-hybridized carbons (Fsp3) is 0.364. The lowest BCUT2D eigenvalue weighted by molar-refractivity contribution is 0.332. The van der Waals surface area contributed by atoms with Gasteiger partial charge in [-0.3, -0.25) is 0 Å². The van der Waals surface area contributed by atoms with Gasteiger partial charge in [-0.25, -0.2) is 0 Å². The molecule has 1 N–H and O–H groups in total. The summed E-state index contributed by atoms with van der Waals surface area (Å²) in [6.45, 7) is 9.42. The van der Waals surface area contributed by atoms with Crippen LogP contribution in [0.15, 0.2) is 42.5 Å². The molecule has 0 aliphatic heterocycles. The highest BCUT2D eigenvalue weighted by molar-refractivity contribution is 5.70. The monoisotopic (exact) mass is 306 g/mol. The van der Waals surface area contributed by atoms with Crippen LogP contribution >= 0.6 is 0 Å². The highest BCUT2D eigenvalue weighted by Gasteiger charge is 2.36. The number of aromatic hydroxyl groups is 1. The third-order valence-electron chi connectivity index (χ3n) is 5.24. The minimum atomic E-state index is 0.243. The number of hydrogen-bond donors (Lipinski definition) is 1. The van der Waals surface area contributed by atoms with E-state index in [0.29, 0.717) is 5.75 Å². The van der Waals surface area contributed by atoms with Crippen LogP contribution in [0.4, 0.5) is 0 Å². The average molecular weight is 306 g/mol. The Labute approximate surface area is 139 Å². The highest BCUT2D eigenvalue weighted by atomic mass is 16.3. The van der Waals surface area contributed by atoms with Gasteiger partial charge in [0.15, 0.2) is 0 Å². The molecule has 120 valence electrons. The summed E-state index contributed by atoms with van der Waals surface area (Å²) < 4.78 is 0. The zero-order valence-electron chi connectivity index (χ0n) is 14.6. The standard InChI is InChI=1S/C22H26O/c1-21(2)13-14-22(3,4)20-15-17(9-12-19(20)21)6-5-16-7-10-18(23)11-8-16/h5-12,15,23H,13-14H2,1-4H3. The number of rotatable bonds is 2. The summed E-state index contributed by atoms with van der Waals surface area (Å²) in [7, 11) is 0. The molecule has 0 unspecified atom stereocenters. The minimum absolute atomic E-state index is 0.243. The average Bonchev–Trinajstić information content (AvgIpc) is 2.51. The van der Waals surface area contributed by atoms with Crippen molar-refractivity contribution in [3.63, 3.8) is 0 Å². The van der Waals surface area contributed by atoms with Crippen molar-refractivity contribution >= 4 is 12.2 Å². The third-order valence-corrected chi connectivity index (χ3v) is 5.24. The Morgan fingerprint density at radius 1 is 0.739 bits per heavy atom. The normalized spacial score (nSPS) is 18.8. The molecule has 2 aromatic rings. The Morgan fingerprint density at radius 2 is 1.26 bits per heavy atom. The van der Waals surface area contributed by atoms with Crippen LogP contribution in [0, 0.1) is 0 Å². The van der Waals surface area contributed by atoms with Gasteiger partial charge in [-0.05, 0) is 58.1 Å². The summed E-state index contributed by atoms with van der Waals surface area (Å²) in [5.74, 6) is 0.305. The summed E-state index contributed by atoms with van der Waals surface area (Å²) in [6, 6.07) is 14.2. The fourth-order valence-corrected chi connectivity index (χ4v) is 3.49. The molecule has 1 aliphatic carbocycles. The van der Waals surface area contributed by atoms with Crippen molar-refractivity contribution in [1.29, 1.82) is 0 Å². The van der Waals surface area contributed by atoms with Crippen LogP contribution in [0.3, 0.4) is 0 Å². The van der Waals surface area contributed by atoms with E-state index in [9.17, 15) is 5.11 Å². The maximum absolute atomic E-state index is 9.36. The molecular weight excluding hydrogens is 280 g/mol. The van der Waals surface area contributed by atoms with Gasteiger partial charge in [0.2, 0.25) is 0 Å². The van der Waals surface area contributed by atoms with Gasteiger partial charge in [0.1, 0.15) is 5.75 Å². The number of phenols is 1. The quantitative estimate of drug-likeness (QED) is 0.684. The van der Waals surface area contributed by atoms with Crippen LogP contribution in [0.1, 0.15) is 62.8 Å². The van der Waals surface area contributed by atoms with Crippen molar-refractivity contribution < 1.29 is 5.11 Å². The van der Waals surface area contributed by atoms with Gasteiger partial charge in [0.25, 0.3) is 0 Å². The van der Waals surface area contributed by atoms with Gasteiger partial charge in [0.05, 0.1) is 0 Å². The molecule has 0 aromatic heterocycles. The van der Waals surface area contributed by atoms with E-state index in [-0.39, 0.29) is 10.8 Å². The van der Waals surface area contributed by atoms with Gasteiger partial charge in [-0.2, -0.15) is 0 Å². The zero-order chi connectivity index (χ0) is 16.7. The van der Waals surface area contributed by atoms with E-state index >= 15 is 0 Å². The molecule has 0 fully saturated rings. The van der Waals surface area contributed by atoms with Crippen LogP contribution in [-0.2, 0) is 10.8 Å². The second kappa shape index (κ2) is 5.56. The molecule has 0 saturated heterocycles. The van der Waals surface area contributed by atoms with Crippen molar-refractivity contribution in [3.8, 4) is 5.75 Å². The first-order valence-corrected chi connectivity index (χ1v) is 8.40. The van der Waals surface area contributed by atoms with Crippen LogP contribution in [0.2, 0.25) is 0 Å². The lowest BCUT2D eigenvalue weighted by Gasteiger charge is -2.42. The molecular formula is C22H26O. The lowest BCUT2D eigenvalue weighted by atomic mass is 9.63. The number of hydrogen-bond acceptors (Lipinski definition) is 1. The predicted octanol–water partition coefficient (Wildman–Crippen LogP) is 5.91. The molecule has 0 atom stereocenters. The molecule has 0 radical (unpaired) electrons. The smallest absolute Gasteiger partial charge is 0.115 e. The topological polar surface area (TPSA) is 20.2 Å². The zero-order valence-corrected chi connectivity index (χ0v) is 14.6. The molecule has 0 saturated carbocycles. The van der Waals surface area contributed by atoms with Crippen LogP contribution in [-0.4, -0.2) is 5.11 Å². The molecule has 23 heavy (non-hydrogen) atoms. The Kier molecular flexibility index (Phi) is 3.83. The van der Waals surface area contributed by atoms with Crippen molar-refractivity contribution in [2.24, 2.45) is 0 Å².